The number of methoxy groups -OCH3 is 1. The van der Waals surface area contributed by atoms with Crippen molar-refractivity contribution in [3.63, 3.8) is 0 Å². The second-order valence-corrected chi connectivity index (χ2v) is 6.61. The van der Waals surface area contributed by atoms with Crippen LogP contribution in [0.15, 0.2) is 17.1 Å². The van der Waals surface area contributed by atoms with Crippen LogP contribution in [-0.4, -0.2) is 22.6 Å². The van der Waals surface area contributed by atoms with Crippen LogP contribution < -0.4 is 5.56 Å². The lowest BCUT2D eigenvalue weighted by atomic mass is 10.0. The van der Waals surface area contributed by atoms with Gasteiger partial charge in [0.25, 0.3) is 5.56 Å². The number of ether oxygens (including phenoxy) is 1. The van der Waals surface area contributed by atoms with E-state index in [-0.39, 0.29) is 11.6 Å². The monoisotopic (exact) mass is 328 g/mol. The average molecular weight is 328 g/mol. The highest BCUT2D eigenvalue weighted by atomic mass is 16.5. The summed E-state index contributed by atoms with van der Waals surface area (Å²) < 4.78 is 6.73. The molecule has 1 fully saturated rings. The van der Waals surface area contributed by atoms with Crippen LogP contribution in [0, 0.1) is 13.8 Å². The first-order chi connectivity index (χ1) is 11.5. The molecule has 0 unspecified atom stereocenters. The summed E-state index contributed by atoms with van der Waals surface area (Å²) in [6.45, 7) is 3.60. The van der Waals surface area contributed by atoms with Crippen LogP contribution >= 0.6 is 0 Å². The van der Waals surface area contributed by atoms with Gasteiger partial charge in [-0.25, -0.2) is 4.79 Å². The van der Waals surface area contributed by atoms with Crippen LogP contribution in [0.5, 0.6) is 0 Å². The van der Waals surface area contributed by atoms with Crippen molar-refractivity contribution in [1.29, 1.82) is 0 Å². The molecular weight excluding hydrogens is 304 g/mol. The Morgan fingerprint density at radius 2 is 1.83 bits per heavy atom. The van der Waals surface area contributed by atoms with Crippen LogP contribution in [0.3, 0.4) is 0 Å². The minimum Gasteiger partial charge on any atom is -0.465 e. The van der Waals surface area contributed by atoms with Crippen LogP contribution in [0.2, 0.25) is 0 Å². The van der Waals surface area contributed by atoms with Gasteiger partial charge in [0.2, 0.25) is 0 Å². The normalized spacial score (nSPS) is 16.1. The van der Waals surface area contributed by atoms with E-state index in [1.807, 2.05) is 23.8 Å². The molecule has 0 bridgehead atoms. The van der Waals surface area contributed by atoms with Crippen molar-refractivity contribution in [2.45, 2.75) is 58.4 Å². The fraction of sp³-hybridized carbons (Fsp3) is 0.526. The number of esters is 1. The first-order valence-electron chi connectivity index (χ1n) is 8.65. The number of nitrogens with zero attached hydrogens (tertiary/aromatic N) is 2. The molecule has 2 aromatic heterocycles. The molecule has 2 aromatic rings. The van der Waals surface area contributed by atoms with Crippen molar-refractivity contribution in [2.24, 2.45) is 0 Å². The number of fused-ring (bicyclic) bond motifs is 1. The van der Waals surface area contributed by atoms with E-state index in [9.17, 15) is 9.59 Å². The quantitative estimate of drug-likeness (QED) is 0.623. The summed E-state index contributed by atoms with van der Waals surface area (Å²) in [6.07, 6.45) is 8.71. The predicted molar refractivity (Wildman–Crippen MR) is 93.6 cm³/mol. The highest BCUT2D eigenvalue weighted by Crippen LogP contribution is 2.28. The van der Waals surface area contributed by atoms with E-state index in [1.54, 1.807) is 6.92 Å². The first-order valence-corrected chi connectivity index (χ1v) is 8.65. The van der Waals surface area contributed by atoms with Gasteiger partial charge in [0.05, 0.1) is 29.4 Å². The van der Waals surface area contributed by atoms with Gasteiger partial charge < -0.3 is 9.30 Å². The van der Waals surface area contributed by atoms with Gasteiger partial charge in [0, 0.05) is 17.6 Å². The molecule has 0 amide bonds. The maximum absolute atomic E-state index is 13.1. The molecule has 0 aromatic carbocycles. The fourth-order valence-corrected chi connectivity index (χ4v) is 3.85. The van der Waals surface area contributed by atoms with Crippen LogP contribution in [0.25, 0.3) is 10.8 Å². The van der Waals surface area contributed by atoms with E-state index in [0.29, 0.717) is 27.7 Å². The number of aryl methyl sites for hydroxylation is 2. The molecule has 1 aliphatic carbocycles. The van der Waals surface area contributed by atoms with Crippen molar-refractivity contribution in [3.8, 4) is 0 Å². The third-order valence-electron chi connectivity index (χ3n) is 5.06. The predicted octanol–water partition coefficient (Wildman–Crippen LogP) is 3.70. The number of pyridine rings is 2. The number of rotatable bonds is 2. The number of carbonyl (C=O) groups is 1. The molecule has 5 heteroatoms. The molecule has 2 heterocycles. The molecule has 1 aliphatic rings. The smallest absolute Gasteiger partial charge is 0.340 e. The minimum absolute atomic E-state index is 0.0467. The van der Waals surface area contributed by atoms with Crippen LogP contribution in [0.1, 0.15) is 66.3 Å². The molecule has 5 nitrogen and oxygen atoms in total. The maximum atomic E-state index is 13.1. The molecule has 1 saturated carbocycles. The standard InChI is InChI=1S/C19H24N2O3/c1-12-16-15(17(13(2)20-12)19(23)24-3)10-11-21(18(16)22)14-8-6-4-5-7-9-14/h10-11,14H,4-9H2,1-3H3. The lowest BCUT2D eigenvalue weighted by Crippen LogP contribution is -2.26. The zero-order chi connectivity index (χ0) is 17.3. The number of hydrogen-bond donors (Lipinski definition) is 0. The molecule has 0 atom stereocenters. The van der Waals surface area contributed by atoms with E-state index in [1.165, 1.54) is 20.0 Å². The summed E-state index contributed by atoms with van der Waals surface area (Å²) in [5.74, 6) is -0.448. The lowest BCUT2D eigenvalue weighted by Gasteiger charge is -2.19. The van der Waals surface area contributed by atoms with Crippen molar-refractivity contribution in [3.05, 3.63) is 39.6 Å². The summed E-state index contributed by atoms with van der Waals surface area (Å²) in [4.78, 5) is 29.7. The Morgan fingerprint density at radius 1 is 1.17 bits per heavy atom. The van der Waals surface area contributed by atoms with Crippen molar-refractivity contribution < 1.29 is 9.53 Å². The van der Waals surface area contributed by atoms with E-state index in [2.05, 4.69) is 4.98 Å². The van der Waals surface area contributed by atoms with Crippen LogP contribution in [0.4, 0.5) is 0 Å². The molecule has 0 aliphatic heterocycles. The number of aromatic nitrogens is 2. The molecule has 0 radical (unpaired) electrons. The Kier molecular flexibility index (Phi) is 4.69. The van der Waals surface area contributed by atoms with Gasteiger partial charge in [0.1, 0.15) is 0 Å². The SMILES string of the molecule is COC(=O)c1c(C)nc(C)c2c(=O)n(C3CCCCCC3)ccc12. The Bertz CT molecular complexity index is 831. The van der Waals surface area contributed by atoms with Gasteiger partial charge in [-0.3, -0.25) is 9.78 Å². The average Bonchev–Trinajstić information content (AvgIpc) is 2.83. The Morgan fingerprint density at radius 3 is 2.46 bits per heavy atom. The molecule has 128 valence electrons. The molecule has 24 heavy (non-hydrogen) atoms. The van der Waals surface area contributed by atoms with Crippen molar-refractivity contribution in [2.75, 3.05) is 7.11 Å². The second kappa shape index (κ2) is 6.75. The summed E-state index contributed by atoms with van der Waals surface area (Å²) in [7, 11) is 1.35. The van der Waals surface area contributed by atoms with Crippen molar-refractivity contribution in [1.82, 2.24) is 9.55 Å². The highest BCUT2D eigenvalue weighted by molar-refractivity contribution is 6.05. The van der Waals surface area contributed by atoms with Gasteiger partial charge in [-0.1, -0.05) is 25.7 Å². The Labute approximate surface area is 141 Å². The highest BCUT2D eigenvalue weighted by Gasteiger charge is 2.22. The third-order valence-corrected chi connectivity index (χ3v) is 5.06. The second-order valence-electron chi connectivity index (χ2n) is 6.61. The third kappa shape index (κ3) is 2.83. The molecule has 0 saturated heterocycles. The maximum Gasteiger partial charge on any atom is 0.340 e. The zero-order valence-corrected chi connectivity index (χ0v) is 14.6. The van der Waals surface area contributed by atoms with Crippen molar-refractivity contribution >= 4 is 16.7 Å². The minimum atomic E-state index is -0.448. The van der Waals surface area contributed by atoms with E-state index < -0.39 is 5.97 Å². The van der Waals surface area contributed by atoms with Gasteiger partial charge in [0.15, 0.2) is 0 Å². The van der Waals surface area contributed by atoms with Gasteiger partial charge >= 0.3 is 5.97 Å². The van der Waals surface area contributed by atoms with Gasteiger partial charge in [-0.2, -0.15) is 0 Å². The van der Waals surface area contributed by atoms with E-state index in [0.717, 1.165) is 25.7 Å². The van der Waals surface area contributed by atoms with E-state index in [4.69, 9.17) is 4.74 Å². The Hall–Kier alpha value is -2.17. The molecule has 0 spiro atoms. The topological polar surface area (TPSA) is 61.2 Å². The van der Waals surface area contributed by atoms with Gasteiger partial charge in [-0.05, 0) is 32.8 Å². The lowest BCUT2D eigenvalue weighted by molar-refractivity contribution is 0.0601. The first kappa shape index (κ1) is 16.7. The molecular formula is C19H24N2O3. The summed E-state index contributed by atoms with van der Waals surface area (Å²) in [6, 6.07) is 2.11. The van der Waals surface area contributed by atoms with E-state index >= 15 is 0 Å². The van der Waals surface area contributed by atoms with Gasteiger partial charge in [-0.15, -0.1) is 0 Å². The molecule has 0 N–H and O–H groups in total. The largest absolute Gasteiger partial charge is 0.465 e. The zero-order valence-electron chi connectivity index (χ0n) is 14.6. The summed E-state index contributed by atoms with van der Waals surface area (Å²) in [5, 5.41) is 1.18. The fourth-order valence-electron chi connectivity index (χ4n) is 3.85. The number of carbonyl (C=O) groups excluding carboxylic acids is 1. The summed E-state index contributed by atoms with van der Waals surface area (Å²) in [5.41, 5.74) is 1.61. The molecule has 3 rings (SSSR count). The number of hydrogen-bond acceptors (Lipinski definition) is 4. The Balaban J connectivity index is 2.22. The van der Waals surface area contributed by atoms with Crippen LogP contribution in [-0.2, 0) is 4.74 Å². The summed E-state index contributed by atoms with van der Waals surface area (Å²) >= 11 is 0.